The van der Waals surface area contributed by atoms with E-state index in [0.29, 0.717) is 0 Å². The van der Waals surface area contributed by atoms with Gasteiger partial charge in [-0.1, -0.05) is 194 Å². The van der Waals surface area contributed by atoms with Crippen LogP contribution in [0.2, 0.25) is 145 Å². The van der Waals surface area contributed by atoms with Gasteiger partial charge in [0.15, 0.2) is 0 Å². The Morgan fingerprint density at radius 3 is 0.723 bits per heavy atom. The molecule has 0 aromatic heterocycles. The average Bonchev–Trinajstić information content (AvgIpc) is 1.60. The zero-order valence-electron chi connectivity index (χ0n) is 80.8. The first-order valence-corrected chi connectivity index (χ1v) is 73.5. The predicted molar refractivity (Wildman–Crippen MR) is 532 cm³/mol. The molecular weight excluding hydrogens is 1530 g/mol. The Balaban J connectivity index is 0.0000000947. The molecule has 119 heavy (non-hydrogen) atoms. The molecule has 46 atom stereocenters. The van der Waals surface area contributed by atoms with Gasteiger partial charge in [0.1, 0.15) is 0 Å². The Kier molecular flexibility index (Phi) is 24.8. The van der Waals surface area contributed by atoms with Crippen LogP contribution < -0.4 is 0 Å². The summed E-state index contributed by atoms with van der Waals surface area (Å²) in [5, 5.41) is 0. The van der Waals surface area contributed by atoms with Crippen molar-refractivity contribution in [2.45, 2.75) is 423 Å². The molecule has 0 radical (unpaired) electrons. The zero-order valence-corrected chi connectivity index (χ0v) is 86.8. The van der Waals surface area contributed by atoms with E-state index in [1.807, 2.05) is 0 Å². The maximum absolute atomic E-state index is 4.14. The van der Waals surface area contributed by atoms with E-state index in [1.54, 1.807) is 167 Å². The van der Waals surface area contributed by atoms with E-state index in [-0.39, 0.29) is 0 Å². The van der Waals surface area contributed by atoms with E-state index >= 15 is 0 Å². The molecule has 24 aliphatic rings. The van der Waals surface area contributed by atoms with E-state index in [9.17, 15) is 0 Å². The van der Waals surface area contributed by atoms with Gasteiger partial charge in [-0.15, -0.1) is 39.5 Å². The van der Waals surface area contributed by atoms with E-state index in [2.05, 4.69) is 182 Å². The van der Waals surface area contributed by atoms with E-state index < -0.39 is 48.4 Å². The quantitative estimate of drug-likeness (QED) is 0.0893. The summed E-state index contributed by atoms with van der Waals surface area (Å²) < 4.78 is 0. The van der Waals surface area contributed by atoms with Gasteiger partial charge in [0, 0.05) is 0 Å². The van der Waals surface area contributed by atoms with Crippen LogP contribution in [0.4, 0.5) is 0 Å². The second-order valence-corrected chi connectivity index (χ2v) is 85.6. The lowest BCUT2D eigenvalue weighted by Crippen LogP contribution is -2.47. The predicted octanol–water partition coefficient (Wildman–Crippen LogP) is 34.3. The third kappa shape index (κ3) is 15.1. The molecule has 24 saturated carbocycles. The highest BCUT2D eigenvalue weighted by Gasteiger charge is 2.66. The van der Waals surface area contributed by atoms with Crippen LogP contribution in [0.1, 0.15) is 278 Å². The Labute approximate surface area is 743 Å². The van der Waals surface area contributed by atoms with Crippen molar-refractivity contribution in [3.63, 3.8) is 0 Å². The molecule has 0 N–H and O–H groups in total. The Bertz CT molecular complexity index is 3510. The highest BCUT2D eigenvalue weighted by molar-refractivity contribution is 6.83. The van der Waals surface area contributed by atoms with E-state index in [1.165, 1.54) is 129 Å². The monoisotopic (exact) mass is 1720 g/mol. The van der Waals surface area contributed by atoms with Crippen LogP contribution in [0.25, 0.3) is 0 Å². The van der Waals surface area contributed by atoms with Gasteiger partial charge in [0.25, 0.3) is 0 Å². The second kappa shape index (κ2) is 33.5. The molecule has 0 heterocycles. The molecule has 0 spiro atoms. The van der Waals surface area contributed by atoms with Crippen molar-refractivity contribution in [3.05, 3.63) is 75.9 Å². The van der Waals surface area contributed by atoms with Crippen LogP contribution in [0.15, 0.2) is 75.9 Å². The fourth-order valence-corrected chi connectivity index (χ4v) is 78.8. The smallest absolute Gasteiger partial charge is 0.0546 e. The van der Waals surface area contributed by atoms with Crippen molar-refractivity contribution < 1.29 is 0 Å². The van der Waals surface area contributed by atoms with Crippen molar-refractivity contribution in [1.82, 2.24) is 0 Å². The van der Waals surface area contributed by atoms with Crippen LogP contribution in [-0.2, 0) is 0 Å². The summed E-state index contributed by atoms with van der Waals surface area (Å²) >= 11 is 0. The molecule has 0 aromatic rings. The second-order valence-electron chi connectivity index (χ2n) is 55.1. The minimum Gasteiger partial charge on any atom is -0.103 e. The van der Waals surface area contributed by atoms with Gasteiger partial charge in [-0.05, 0) is 467 Å². The Morgan fingerprint density at radius 2 is 0.462 bits per heavy atom. The van der Waals surface area contributed by atoms with Crippen molar-refractivity contribution in [1.29, 1.82) is 0 Å². The fraction of sp³-hybridized carbons (Fsp3) is 0.894. The number of hydrogen-bond acceptors (Lipinski definition) is 0. The Hall–Kier alpha value is -0.259. The number of hydrogen-bond donors (Lipinski definition) is 0. The number of rotatable bonds is 19. The molecule has 0 saturated heterocycles. The summed E-state index contributed by atoms with van der Waals surface area (Å²) in [5.74, 6) is 35.7. The van der Waals surface area contributed by atoms with Crippen LogP contribution in [0.3, 0.4) is 0 Å². The molecule has 6 heteroatoms. The van der Waals surface area contributed by atoms with E-state index in [0.717, 1.165) is 223 Å². The van der Waals surface area contributed by atoms with Crippen LogP contribution >= 0.6 is 0 Å². The first-order valence-electron chi connectivity index (χ1n) is 54.5. The van der Waals surface area contributed by atoms with Crippen molar-refractivity contribution in [3.8, 4) is 0 Å². The minimum atomic E-state index is -1.16. The van der Waals surface area contributed by atoms with Crippen molar-refractivity contribution in [2.75, 3.05) is 0 Å². The Morgan fingerprint density at radius 1 is 0.202 bits per heavy atom. The standard InChI is InChI=1S/3C20H32Si.2C18H32Si.C17H30Si/c1-5-15-7-13-9-17(15)19(11-13)21(3,4)20-12-14-8-16(6-2)18(20)10-14;1-5-14-10-17-11-16(14)12-19(17)21(3,4)20-9-13-7-15(6-2)18(20)8-13;1-5-13-7-17-9-15(13)11-19(17)21(3,4)20-12-16-10-18(20)8-14(16)6-2;1-11-13-5-7-15(9-13)17(11)19(3,4)18-12(2)14-6-8-16(18)10-14;1-4-13-9-16-10-15(13)11-18(16)19(2,3)17-8-12-5-6-14(17)7-12;1-11-13-6-7-15(10-13)17(11)18(2,3)16-9-12-4-5-14(16)8-12/h3*5-6,13-20H,1-2,7-12H2,3-4H3;11-18H,5-10H2,1-4H3;12-18H,4-11H2,1-3H3;11-17H,4-10H2,1-3H3. The van der Waals surface area contributed by atoms with Crippen molar-refractivity contribution in [2.24, 2.45) is 201 Å². The summed E-state index contributed by atoms with van der Waals surface area (Å²) in [6.07, 6.45) is 74.6. The molecule has 0 aromatic carbocycles. The highest BCUT2D eigenvalue weighted by atomic mass is 28.3. The molecule has 0 nitrogen and oxygen atoms in total. The molecule has 24 aliphatic carbocycles. The largest absolute Gasteiger partial charge is 0.103 e. The molecule has 24 rings (SSSR count). The number of allylic oxidation sites excluding steroid dienone is 6. The molecule has 0 amide bonds. The van der Waals surface area contributed by atoms with Gasteiger partial charge in [0.2, 0.25) is 0 Å². The topological polar surface area (TPSA) is 0 Å². The van der Waals surface area contributed by atoms with Crippen LogP contribution in [0, 0.1) is 201 Å². The lowest BCUT2D eigenvalue weighted by molar-refractivity contribution is 0.316. The molecule has 666 valence electrons. The summed E-state index contributed by atoms with van der Waals surface area (Å²) in [6, 6.07) is 0. The summed E-state index contributed by atoms with van der Waals surface area (Å²) in [7, 11) is -6.45. The van der Waals surface area contributed by atoms with E-state index in [4.69, 9.17) is 0 Å². The zero-order chi connectivity index (χ0) is 83.4. The minimum absolute atomic E-state index is 0.856. The maximum atomic E-state index is 4.14. The van der Waals surface area contributed by atoms with Gasteiger partial charge >= 0.3 is 0 Å². The number of fused-ring (bicyclic) bond motifs is 24. The third-order valence-corrected chi connectivity index (χ3v) is 80.9. The lowest BCUT2D eigenvalue weighted by atomic mass is 9.87. The summed E-state index contributed by atoms with van der Waals surface area (Å²) in [4.78, 5) is 0. The normalized spacial score (nSPS) is 52.8. The van der Waals surface area contributed by atoms with Gasteiger partial charge in [-0.2, -0.15) is 0 Å². The molecule has 24 fully saturated rings. The van der Waals surface area contributed by atoms with Crippen LogP contribution in [0.5, 0.6) is 0 Å². The molecular formula is C113H190Si6. The first-order chi connectivity index (χ1) is 56.8. The molecule has 0 aliphatic heterocycles. The fourth-order valence-electron chi connectivity index (χ4n) is 44.4. The summed E-state index contributed by atoms with van der Waals surface area (Å²) in [6.45, 7) is 68.3. The molecule has 46 unspecified atom stereocenters. The van der Waals surface area contributed by atoms with Gasteiger partial charge in [-0.25, -0.2) is 0 Å². The van der Waals surface area contributed by atoms with Crippen LogP contribution in [-0.4, -0.2) is 48.4 Å². The van der Waals surface area contributed by atoms with Gasteiger partial charge in [0.05, 0.1) is 48.4 Å². The van der Waals surface area contributed by atoms with Crippen molar-refractivity contribution >= 4 is 48.4 Å². The first kappa shape index (κ1) is 88.0. The third-order valence-electron chi connectivity index (χ3n) is 49.3. The average molecular weight is 1720 g/mol. The molecule has 24 bridgehead atoms. The SMILES string of the molecule is C=CC1CC2CC1C([Si](C)(C)C1CC3CC(C=C)C1C3)C2.C=CC1CC2CC1CC2[Si](C)(C)C1CC2CC(C=C)C1C2.C=CC1CC2CC1CC2[Si](C)(C)C1CC2CC1CC2C=C.CC1C2CCC(C2)C1[Si](C)(C)C1C2CCC(C2)C1C.CC1C2CCC(C2)C1[Si](C)(C)C1CC2CCC1C2.CCC1CC2CC1CC2[Si](C)(C)C1CC2CCC1C2. The maximum Gasteiger partial charge on any atom is 0.0546 e. The van der Waals surface area contributed by atoms with Gasteiger partial charge < -0.3 is 0 Å². The summed E-state index contributed by atoms with van der Waals surface area (Å²) in [5.41, 5.74) is 13.9. The lowest BCUT2D eigenvalue weighted by Gasteiger charge is -2.48. The highest BCUT2D eigenvalue weighted by Crippen LogP contribution is 2.74. The van der Waals surface area contributed by atoms with Gasteiger partial charge in [-0.3, -0.25) is 0 Å².